The Morgan fingerprint density at radius 1 is 0.917 bits per heavy atom. The monoisotopic (exact) mass is 350 g/mol. The lowest BCUT2D eigenvalue weighted by Gasteiger charge is -2.36. The van der Waals surface area contributed by atoms with Gasteiger partial charge in [-0.25, -0.2) is 12.7 Å². The minimum absolute atomic E-state index is 0.398. The molecule has 1 saturated heterocycles. The zero-order chi connectivity index (χ0) is 17.5. The number of nitrogens with zero attached hydrogens (tertiary/aromatic N) is 4. The van der Waals surface area contributed by atoms with Crippen molar-refractivity contribution in [2.75, 3.05) is 46.3 Å². The molecule has 6 nitrogen and oxygen atoms in total. The molecule has 7 heteroatoms. The molecule has 1 aromatic carbocycles. The minimum atomic E-state index is -3.57. The highest BCUT2D eigenvalue weighted by atomic mass is 32.2. The average Bonchev–Trinajstić information content (AvgIpc) is 3.02. The van der Waals surface area contributed by atoms with Crippen LogP contribution in [-0.4, -0.2) is 74.8 Å². The van der Waals surface area contributed by atoms with E-state index in [0.717, 1.165) is 42.9 Å². The summed E-state index contributed by atoms with van der Waals surface area (Å²) in [4.78, 5) is 9.24. The highest BCUT2D eigenvalue weighted by Gasteiger charge is 2.35. The van der Waals surface area contributed by atoms with Crippen molar-refractivity contribution in [3.8, 4) is 0 Å². The van der Waals surface area contributed by atoms with Crippen molar-refractivity contribution < 1.29 is 8.42 Å². The first-order valence-corrected chi connectivity index (χ1v) is 9.83. The van der Waals surface area contributed by atoms with Gasteiger partial charge in [-0.15, -0.1) is 0 Å². The van der Waals surface area contributed by atoms with E-state index in [1.54, 1.807) is 6.07 Å². The number of hydrogen-bond donors (Lipinski definition) is 0. The molecule has 132 valence electrons. The number of sulfonamides is 1. The molecule has 0 radical (unpaired) electrons. The van der Waals surface area contributed by atoms with Crippen molar-refractivity contribution in [3.05, 3.63) is 28.8 Å². The fourth-order valence-corrected chi connectivity index (χ4v) is 4.98. The Labute approximate surface area is 144 Å². The molecule has 0 aliphatic carbocycles. The predicted octanol–water partition coefficient (Wildman–Crippen LogP) is 1.22. The second-order valence-corrected chi connectivity index (χ2v) is 8.58. The van der Waals surface area contributed by atoms with Crippen LogP contribution in [0.1, 0.15) is 16.7 Å². The highest BCUT2D eigenvalue weighted by molar-refractivity contribution is 7.89. The van der Waals surface area contributed by atoms with Gasteiger partial charge in [-0.1, -0.05) is 6.07 Å². The summed E-state index contributed by atoms with van der Waals surface area (Å²) in [5.74, 6) is 0.612. The molecule has 24 heavy (non-hydrogen) atoms. The molecule has 0 atom stereocenters. The fraction of sp³-hybridized carbons (Fsp3) is 0.588. The van der Waals surface area contributed by atoms with Crippen molar-refractivity contribution in [3.63, 3.8) is 0 Å². The number of benzene rings is 1. The standard InChI is InChI=1S/C17H26N4O2S/c1-13-11-15(3)16(12-14(13)2)24(22,23)21-6-5-18-17(21)20-9-7-19(4)8-10-20/h11-12H,5-10H2,1-4H3. The van der Waals surface area contributed by atoms with Crippen molar-refractivity contribution in [1.82, 2.24) is 14.1 Å². The molecule has 0 aromatic heterocycles. The van der Waals surface area contributed by atoms with Crippen LogP contribution in [-0.2, 0) is 10.0 Å². The van der Waals surface area contributed by atoms with Gasteiger partial charge in [-0.3, -0.25) is 4.99 Å². The van der Waals surface area contributed by atoms with E-state index in [1.165, 1.54) is 4.31 Å². The number of rotatable bonds is 2. The zero-order valence-corrected chi connectivity index (χ0v) is 15.7. The normalized spacial score (nSPS) is 19.8. The molecule has 0 unspecified atom stereocenters. The quantitative estimate of drug-likeness (QED) is 0.805. The third-order valence-corrected chi connectivity index (χ3v) is 6.85. The van der Waals surface area contributed by atoms with E-state index in [9.17, 15) is 8.42 Å². The van der Waals surface area contributed by atoms with Crippen LogP contribution < -0.4 is 0 Å². The number of likely N-dealkylation sites (N-methyl/N-ethyl adjacent to an activating group) is 1. The number of piperazine rings is 1. The number of guanidine groups is 1. The van der Waals surface area contributed by atoms with Crippen LogP contribution in [0.15, 0.2) is 22.0 Å². The van der Waals surface area contributed by atoms with E-state index in [2.05, 4.69) is 21.8 Å². The maximum atomic E-state index is 13.2. The van der Waals surface area contributed by atoms with Crippen LogP contribution in [0, 0.1) is 20.8 Å². The van der Waals surface area contributed by atoms with E-state index in [0.29, 0.717) is 23.9 Å². The van der Waals surface area contributed by atoms with Crippen LogP contribution in [0.5, 0.6) is 0 Å². The maximum Gasteiger partial charge on any atom is 0.266 e. The first-order chi connectivity index (χ1) is 11.3. The number of aryl methyl sites for hydroxylation is 3. The van der Waals surface area contributed by atoms with E-state index in [-0.39, 0.29) is 0 Å². The Kier molecular flexibility index (Phi) is 4.57. The largest absolute Gasteiger partial charge is 0.339 e. The molecule has 0 amide bonds. The predicted molar refractivity (Wildman–Crippen MR) is 95.9 cm³/mol. The Balaban J connectivity index is 1.92. The van der Waals surface area contributed by atoms with Gasteiger partial charge in [-0.05, 0) is 50.6 Å². The lowest BCUT2D eigenvalue weighted by atomic mass is 10.1. The first-order valence-electron chi connectivity index (χ1n) is 8.39. The third-order valence-electron chi connectivity index (χ3n) is 4.92. The van der Waals surface area contributed by atoms with Crippen molar-refractivity contribution in [1.29, 1.82) is 0 Å². The summed E-state index contributed by atoms with van der Waals surface area (Å²) in [5, 5.41) is 0. The third kappa shape index (κ3) is 3.02. The Bertz CT molecular complexity index is 765. The molecule has 1 fully saturated rings. The summed E-state index contributed by atoms with van der Waals surface area (Å²) in [5.41, 5.74) is 2.90. The number of hydrogen-bond acceptors (Lipinski definition) is 5. The van der Waals surface area contributed by atoms with Crippen LogP contribution in [0.4, 0.5) is 0 Å². The molecule has 0 bridgehead atoms. The molecule has 0 spiro atoms. The van der Waals surface area contributed by atoms with Gasteiger partial charge < -0.3 is 9.80 Å². The van der Waals surface area contributed by atoms with Gasteiger partial charge in [0.25, 0.3) is 10.0 Å². The summed E-state index contributed by atoms with van der Waals surface area (Å²) in [7, 11) is -1.49. The van der Waals surface area contributed by atoms with Gasteiger partial charge >= 0.3 is 0 Å². The Morgan fingerprint density at radius 3 is 2.21 bits per heavy atom. The van der Waals surface area contributed by atoms with Gasteiger partial charge in [-0.2, -0.15) is 0 Å². The zero-order valence-electron chi connectivity index (χ0n) is 14.9. The topological polar surface area (TPSA) is 56.2 Å². The second-order valence-electron chi connectivity index (χ2n) is 6.75. The Hall–Kier alpha value is -1.60. The fourth-order valence-electron chi connectivity index (χ4n) is 3.24. The van der Waals surface area contributed by atoms with E-state index >= 15 is 0 Å². The lowest BCUT2D eigenvalue weighted by Crippen LogP contribution is -2.52. The van der Waals surface area contributed by atoms with Crippen LogP contribution in [0.2, 0.25) is 0 Å². The molecule has 1 aromatic rings. The first kappa shape index (κ1) is 17.2. The summed E-state index contributed by atoms with van der Waals surface area (Å²) in [6.07, 6.45) is 0. The summed E-state index contributed by atoms with van der Waals surface area (Å²) < 4.78 is 28.0. The molecule has 0 saturated carbocycles. The van der Waals surface area contributed by atoms with Crippen LogP contribution >= 0.6 is 0 Å². The molecular weight excluding hydrogens is 324 g/mol. The molecular formula is C17H26N4O2S. The molecule has 3 rings (SSSR count). The van der Waals surface area contributed by atoms with Crippen molar-refractivity contribution >= 4 is 16.0 Å². The molecule has 2 aliphatic rings. The summed E-state index contributed by atoms with van der Waals surface area (Å²) >= 11 is 0. The van der Waals surface area contributed by atoms with Gasteiger partial charge in [0.1, 0.15) is 0 Å². The van der Waals surface area contributed by atoms with E-state index < -0.39 is 10.0 Å². The van der Waals surface area contributed by atoms with Crippen molar-refractivity contribution in [2.45, 2.75) is 25.7 Å². The van der Waals surface area contributed by atoms with Gasteiger partial charge in [0, 0.05) is 26.2 Å². The van der Waals surface area contributed by atoms with Crippen LogP contribution in [0.25, 0.3) is 0 Å². The van der Waals surface area contributed by atoms with Crippen LogP contribution in [0.3, 0.4) is 0 Å². The number of aliphatic imine (C=N–C) groups is 1. The van der Waals surface area contributed by atoms with Gasteiger partial charge in [0.2, 0.25) is 5.96 Å². The molecule has 0 N–H and O–H groups in total. The second kappa shape index (κ2) is 6.37. The van der Waals surface area contributed by atoms with E-state index in [4.69, 9.17) is 0 Å². The summed E-state index contributed by atoms with van der Waals surface area (Å²) in [6.45, 7) is 10.3. The summed E-state index contributed by atoms with van der Waals surface area (Å²) in [6, 6.07) is 3.74. The van der Waals surface area contributed by atoms with Gasteiger partial charge in [0.05, 0.1) is 18.0 Å². The molecule has 2 heterocycles. The van der Waals surface area contributed by atoms with E-state index in [1.807, 2.05) is 26.8 Å². The smallest absolute Gasteiger partial charge is 0.266 e. The van der Waals surface area contributed by atoms with Gasteiger partial charge in [0.15, 0.2) is 0 Å². The minimum Gasteiger partial charge on any atom is -0.339 e. The maximum absolute atomic E-state index is 13.2. The van der Waals surface area contributed by atoms with Crippen molar-refractivity contribution in [2.24, 2.45) is 4.99 Å². The Morgan fingerprint density at radius 2 is 1.54 bits per heavy atom. The molecule has 2 aliphatic heterocycles. The average molecular weight is 350 g/mol. The lowest BCUT2D eigenvalue weighted by molar-refractivity contribution is 0.208. The highest BCUT2D eigenvalue weighted by Crippen LogP contribution is 2.26. The SMILES string of the molecule is Cc1cc(C)c(S(=O)(=O)N2CCN=C2N2CCN(C)CC2)cc1C.